The molecule has 0 unspecified atom stereocenters. The Balaban J connectivity index is 1.60. The molecule has 1 aromatic carbocycles. The monoisotopic (exact) mass is 487 g/mol. The molecule has 164 valence electrons. The summed E-state index contributed by atoms with van der Waals surface area (Å²) in [5.74, 6) is 2.22. The summed E-state index contributed by atoms with van der Waals surface area (Å²) in [7, 11) is 0. The van der Waals surface area contributed by atoms with Crippen molar-refractivity contribution in [1.29, 1.82) is 0 Å². The van der Waals surface area contributed by atoms with Crippen molar-refractivity contribution in [2.24, 2.45) is 0 Å². The minimum absolute atomic E-state index is 0.0730. The number of halogens is 2. The fraction of sp³-hybridized carbons (Fsp3) is 0.227. The number of aliphatic hydroxyl groups is 1. The Morgan fingerprint density at radius 3 is 2.94 bits per heavy atom. The Labute approximate surface area is 199 Å². The summed E-state index contributed by atoms with van der Waals surface area (Å²) < 4.78 is 0. The molecule has 2 aliphatic rings. The zero-order valence-corrected chi connectivity index (χ0v) is 19.4. The fourth-order valence-corrected chi connectivity index (χ4v) is 4.82. The second-order valence-corrected chi connectivity index (χ2v) is 8.85. The molecule has 0 atom stereocenters. The summed E-state index contributed by atoms with van der Waals surface area (Å²) >= 11 is 13.6. The Hall–Kier alpha value is -2.70. The molecule has 0 fully saturated rings. The minimum atomic E-state index is -0.409. The van der Waals surface area contributed by atoms with Gasteiger partial charge in [-0.2, -0.15) is 0 Å². The van der Waals surface area contributed by atoms with E-state index in [2.05, 4.69) is 38.7 Å². The van der Waals surface area contributed by atoms with Crippen LogP contribution >= 0.6 is 35.0 Å². The molecule has 1 amide bonds. The highest BCUT2D eigenvalue weighted by molar-refractivity contribution is 7.99. The van der Waals surface area contributed by atoms with Gasteiger partial charge in [0.05, 0.1) is 17.1 Å². The molecule has 0 bridgehead atoms. The number of hydrogen-bond acceptors (Lipinski definition) is 7. The van der Waals surface area contributed by atoms with E-state index in [9.17, 15) is 9.90 Å². The average molecular weight is 488 g/mol. The molecule has 3 N–H and O–H groups in total. The Morgan fingerprint density at radius 1 is 1.38 bits per heavy atom. The van der Waals surface area contributed by atoms with Crippen LogP contribution in [0.3, 0.4) is 0 Å². The van der Waals surface area contributed by atoms with E-state index in [-0.39, 0.29) is 27.4 Å². The van der Waals surface area contributed by atoms with Crippen LogP contribution in [0.4, 0.5) is 11.6 Å². The van der Waals surface area contributed by atoms with Crippen LogP contribution < -0.4 is 10.6 Å². The van der Waals surface area contributed by atoms with Crippen molar-refractivity contribution < 1.29 is 9.90 Å². The van der Waals surface area contributed by atoms with Crippen LogP contribution in [0.1, 0.15) is 28.4 Å². The van der Waals surface area contributed by atoms with Crippen molar-refractivity contribution in [3.8, 4) is 12.3 Å². The first-order valence-electron chi connectivity index (χ1n) is 9.72. The predicted octanol–water partition coefficient (Wildman–Crippen LogP) is 4.48. The van der Waals surface area contributed by atoms with Gasteiger partial charge in [0.2, 0.25) is 5.95 Å². The summed E-state index contributed by atoms with van der Waals surface area (Å²) in [5, 5.41) is 16.7. The van der Waals surface area contributed by atoms with Crippen LogP contribution in [0, 0.1) is 12.3 Å². The number of nitrogens with zero attached hydrogens (tertiary/aromatic N) is 3. The normalized spacial score (nSPS) is 16.9. The van der Waals surface area contributed by atoms with E-state index in [1.165, 1.54) is 40.9 Å². The molecule has 32 heavy (non-hydrogen) atoms. The van der Waals surface area contributed by atoms with Crippen molar-refractivity contribution >= 4 is 52.5 Å². The molecular formula is C22H19Cl2N5O2S. The molecule has 10 heteroatoms. The van der Waals surface area contributed by atoms with E-state index in [1.807, 2.05) is 6.07 Å². The summed E-state index contributed by atoms with van der Waals surface area (Å²) in [6.45, 7) is 3.20. The van der Waals surface area contributed by atoms with Crippen molar-refractivity contribution in [1.82, 2.24) is 20.2 Å². The maximum absolute atomic E-state index is 13.1. The molecule has 0 spiro atoms. The number of thioether (sulfide) groups is 1. The largest absolute Gasteiger partial charge is 0.511 e. The number of carbonyl (C=O) groups excluding carboxylic acids is 1. The third kappa shape index (κ3) is 4.43. The zero-order valence-electron chi connectivity index (χ0n) is 17.1. The zero-order chi connectivity index (χ0) is 22.8. The third-order valence-electron chi connectivity index (χ3n) is 5.04. The summed E-state index contributed by atoms with van der Waals surface area (Å²) in [4.78, 5) is 23.2. The number of benzene rings is 1. The van der Waals surface area contributed by atoms with Crippen molar-refractivity contribution in [3.05, 3.63) is 62.6 Å². The van der Waals surface area contributed by atoms with E-state index in [1.54, 1.807) is 0 Å². The maximum atomic E-state index is 13.1. The minimum Gasteiger partial charge on any atom is -0.511 e. The second-order valence-electron chi connectivity index (χ2n) is 7.16. The van der Waals surface area contributed by atoms with Gasteiger partial charge in [-0.25, -0.2) is 9.97 Å². The third-order valence-corrected chi connectivity index (χ3v) is 6.75. The van der Waals surface area contributed by atoms with Crippen LogP contribution in [0.5, 0.6) is 0 Å². The predicted molar refractivity (Wildman–Crippen MR) is 127 cm³/mol. The van der Waals surface area contributed by atoms with Gasteiger partial charge in [-0.15, -0.1) is 6.42 Å². The Morgan fingerprint density at radius 2 is 2.19 bits per heavy atom. The number of aliphatic hydroxyl groups excluding tert-OH is 1. The highest BCUT2D eigenvalue weighted by Gasteiger charge is 2.32. The molecule has 2 aliphatic heterocycles. The molecule has 2 aromatic rings. The lowest BCUT2D eigenvalue weighted by atomic mass is 10.0. The van der Waals surface area contributed by atoms with E-state index < -0.39 is 5.91 Å². The van der Waals surface area contributed by atoms with Crippen LogP contribution in [-0.2, 0) is 13.0 Å². The topological polar surface area (TPSA) is 90.4 Å². The molecule has 0 saturated carbocycles. The highest BCUT2D eigenvalue weighted by atomic mass is 35.5. The van der Waals surface area contributed by atoms with Crippen LogP contribution in [0.2, 0.25) is 0 Å². The lowest BCUT2D eigenvalue weighted by Crippen LogP contribution is -2.35. The summed E-state index contributed by atoms with van der Waals surface area (Å²) in [5.41, 5.74) is 3.82. The number of carbonyl (C=O) groups is 1. The average Bonchev–Trinajstić information content (AvgIpc) is 2.80. The Bertz CT molecular complexity index is 1200. The number of nitrogens with one attached hydrogen (secondary N) is 2. The molecule has 0 saturated heterocycles. The van der Waals surface area contributed by atoms with Gasteiger partial charge >= 0.3 is 0 Å². The van der Waals surface area contributed by atoms with Gasteiger partial charge in [-0.05, 0) is 43.1 Å². The molecule has 3 heterocycles. The van der Waals surface area contributed by atoms with Gasteiger partial charge < -0.3 is 15.7 Å². The number of amides is 1. The van der Waals surface area contributed by atoms with Crippen molar-refractivity contribution in [2.45, 2.75) is 24.9 Å². The highest BCUT2D eigenvalue weighted by Crippen LogP contribution is 2.36. The van der Waals surface area contributed by atoms with Gasteiger partial charge in [-0.1, -0.05) is 47.0 Å². The number of aromatic nitrogens is 2. The number of rotatable bonds is 4. The standard InChI is InChI=1S/C22H19Cl2N5O2S/c1-3-17(23)19(18(24)12(2)30)29-11-32-20-16(21(29)31)10-26-22(28-20)27-15-5-4-13-6-7-25-9-14(13)8-15/h1,4-5,8,10,25,30H,6-7,9,11H2,2H3,(H,26,27,28)/b18-12-,19-17-. The number of hydrogen-bond donors (Lipinski definition) is 3. The van der Waals surface area contributed by atoms with E-state index in [0.717, 1.165) is 25.2 Å². The molecular weight excluding hydrogens is 469 g/mol. The lowest BCUT2D eigenvalue weighted by molar-refractivity contribution is 0.0823. The molecule has 0 aliphatic carbocycles. The molecule has 1 aromatic heterocycles. The smallest absolute Gasteiger partial charge is 0.263 e. The van der Waals surface area contributed by atoms with Gasteiger partial charge in [0.25, 0.3) is 5.91 Å². The quantitative estimate of drug-likeness (QED) is 0.253. The molecule has 4 rings (SSSR count). The van der Waals surface area contributed by atoms with E-state index >= 15 is 0 Å². The number of allylic oxidation sites excluding steroid dienone is 3. The molecule has 7 nitrogen and oxygen atoms in total. The fourth-order valence-electron chi connectivity index (χ4n) is 3.44. The van der Waals surface area contributed by atoms with E-state index in [4.69, 9.17) is 29.6 Å². The number of terminal acetylenes is 1. The Kier molecular flexibility index (Phi) is 6.63. The number of fused-ring (bicyclic) bond motifs is 2. The second kappa shape index (κ2) is 9.43. The van der Waals surface area contributed by atoms with Crippen LogP contribution in [0.15, 0.2) is 50.9 Å². The van der Waals surface area contributed by atoms with Crippen LogP contribution in [0.25, 0.3) is 0 Å². The van der Waals surface area contributed by atoms with E-state index in [0.29, 0.717) is 16.5 Å². The van der Waals surface area contributed by atoms with Gasteiger partial charge in [0.1, 0.15) is 20.8 Å². The van der Waals surface area contributed by atoms with Crippen LogP contribution in [-0.4, -0.2) is 38.3 Å². The summed E-state index contributed by atoms with van der Waals surface area (Å²) in [6, 6.07) is 6.18. The van der Waals surface area contributed by atoms with Crippen molar-refractivity contribution in [2.75, 3.05) is 17.7 Å². The van der Waals surface area contributed by atoms with Gasteiger partial charge in [0, 0.05) is 18.4 Å². The first kappa shape index (κ1) is 22.5. The lowest BCUT2D eigenvalue weighted by Gasteiger charge is -2.29. The summed E-state index contributed by atoms with van der Waals surface area (Å²) in [6.07, 6.45) is 7.87. The van der Waals surface area contributed by atoms with Gasteiger partial charge in [-0.3, -0.25) is 9.69 Å². The first-order valence-corrected chi connectivity index (χ1v) is 11.5. The first-order chi connectivity index (χ1) is 15.4. The maximum Gasteiger partial charge on any atom is 0.263 e. The SMILES string of the molecule is C#C/C(Cl)=C(\C(Cl)=C(/C)O)N1CSc2nc(Nc3ccc4c(c3)CNCC4)ncc2C1=O. The molecule has 0 radical (unpaired) electrons. The van der Waals surface area contributed by atoms with Gasteiger partial charge in [0.15, 0.2) is 0 Å². The number of anilines is 2. The van der Waals surface area contributed by atoms with Crippen molar-refractivity contribution in [3.63, 3.8) is 0 Å².